The van der Waals surface area contributed by atoms with Crippen molar-refractivity contribution >= 4 is 23.1 Å². The minimum atomic E-state index is -0.394. The van der Waals surface area contributed by atoms with Gasteiger partial charge in [-0.15, -0.1) is 5.10 Å². The Morgan fingerprint density at radius 3 is 2.83 bits per heavy atom. The third-order valence-electron chi connectivity index (χ3n) is 7.23. The lowest BCUT2D eigenvalue weighted by atomic mass is 9.85. The van der Waals surface area contributed by atoms with Gasteiger partial charge in [-0.2, -0.15) is 9.50 Å². The molecule has 0 atom stereocenters. The summed E-state index contributed by atoms with van der Waals surface area (Å²) in [5, 5.41) is 4.58. The first-order valence-electron chi connectivity index (χ1n) is 11.9. The van der Waals surface area contributed by atoms with Crippen molar-refractivity contribution in [3.05, 3.63) is 65.9 Å². The molecular formula is C25H24FN9O. The molecule has 0 aromatic carbocycles. The Morgan fingerprint density at radius 2 is 2.06 bits per heavy atom. The van der Waals surface area contributed by atoms with Crippen LogP contribution in [-0.2, 0) is 11.2 Å². The molecule has 36 heavy (non-hydrogen) atoms. The van der Waals surface area contributed by atoms with Gasteiger partial charge in [0.05, 0.1) is 30.9 Å². The smallest absolute Gasteiger partial charge is 0.225 e. The average Bonchev–Trinajstić information content (AvgIpc) is 3.58. The lowest BCUT2D eigenvalue weighted by molar-refractivity contribution is -0.0985. The third-order valence-corrected chi connectivity index (χ3v) is 7.23. The molecule has 7 heterocycles. The van der Waals surface area contributed by atoms with E-state index in [1.807, 2.05) is 35.9 Å². The van der Waals surface area contributed by atoms with Crippen LogP contribution < -0.4 is 10.6 Å². The van der Waals surface area contributed by atoms with Crippen molar-refractivity contribution in [2.24, 2.45) is 5.41 Å². The molecule has 0 radical (unpaired) electrons. The molecule has 0 amide bonds. The van der Waals surface area contributed by atoms with Crippen LogP contribution in [0.2, 0.25) is 0 Å². The van der Waals surface area contributed by atoms with Crippen molar-refractivity contribution in [1.82, 2.24) is 34.0 Å². The third kappa shape index (κ3) is 3.23. The molecule has 2 fully saturated rings. The SMILES string of the molecule is Cc1cnc2ccc(-c3c(N4CCC5(COC5)C4)nc(N)n4nc(Cc5ncccc5F)nc34)cn12. The summed E-state index contributed by atoms with van der Waals surface area (Å²) in [6, 6.07) is 6.94. The predicted octanol–water partition coefficient (Wildman–Crippen LogP) is 2.68. The maximum atomic E-state index is 14.3. The number of imidazole rings is 1. The molecule has 1 spiro atoms. The van der Waals surface area contributed by atoms with Gasteiger partial charge in [-0.1, -0.05) is 0 Å². The highest BCUT2D eigenvalue weighted by Gasteiger charge is 2.45. The van der Waals surface area contributed by atoms with Gasteiger partial charge >= 0.3 is 0 Å². The average molecular weight is 486 g/mol. The van der Waals surface area contributed by atoms with Crippen molar-refractivity contribution in [1.29, 1.82) is 0 Å². The molecule has 5 aromatic rings. The summed E-state index contributed by atoms with van der Waals surface area (Å²) in [4.78, 5) is 20.5. The molecule has 0 unspecified atom stereocenters. The Labute approximate surface area is 205 Å². The fraction of sp³-hybridized carbons (Fsp3) is 0.320. The van der Waals surface area contributed by atoms with Crippen LogP contribution in [0.4, 0.5) is 16.2 Å². The zero-order valence-electron chi connectivity index (χ0n) is 19.7. The Morgan fingerprint density at radius 1 is 1.17 bits per heavy atom. The van der Waals surface area contributed by atoms with E-state index in [4.69, 9.17) is 20.4 Å². The summed E-state index contributed by atoms with van der Waals surface area (Å²) in [6.45, 7) is 5.24. The summed E-state index contributed by atoms with van der Waals surface area (Å²) in [7, 11) is 0. The molecule has 182 valence electrons. The summed E-state index contributed by atoms with van der Waals surface area (Å²) >= 11 is 0. The number of nitrogen functional groups attached to an aromatic ring is 1. The van der Waals surface area contributed by atoms with Crippen LogP contribution in [0.5, 0.6) is 0 Å². The van der Waals surface area contributed by atoms with Crippen LogP contribution >= 0.6 is 0 Å². The number of aryl methyl sites for hydroxylation is 1. The quantitative estimate of drug-likeness (QED) is 0.414. The van der Waals surface area contributed by atoms with Crippen LogP contribution in [0.1, 0.15) is 23.6 Å². The van der Waals surface area contributed by atoms with Crippen molar-refractivity contribution in [2.75, 3.05) is 36.9 Å². The number of hydrogen-bond acceptors (Lipinski definition) is 8. The molecule has 11 heteroatoms. The number of rotatable bonds is 4. The first kappa shape index (κ1) is 21.2. The molecule has 7 rings (SSSR count). The standard InChI is InChI=1S/C25H24FN9O/c1-15-10-29-20-5-4-16(11-34(15)20)21-22(33-8-6-25(12-33)13-36-14-25)31-24(27)35-23(21)30-19(32-35)9-18-17(26)3-2-7-28-18/h2-5,7,10-11H,6,8-9,12-14H2,1H3,(H2,27,31). The van der Waals surface area contributed by atoms with E-state index >= 15 is 0 Å². The van der Waals surface area contributed by atoms with Gasteiger partial charge in [0.2, 0.25) is 5.95 Å². The summed E-state index contributed by atoms with van der Waals surface area (Å²) < 4.78 is 23.4. The second-order valence-corrected chi connectivity index (χ2v) is 9.75. The first-order valence-corrected chi connectivity index (χ1v) is 11.9. The molecule has 2 aliphatic heterocycles. The van der Waals surface area contributed by atoms with Crippen molar-refractivity contribution < 1.29 is 9.13 Å². The molecule has 2 aliphatic rings. The number of nitrogens with two attached hydrogens (primary N) is 1. The van der Waals surface area contributed by atoms with Gasteiger partial charge in [0, 0.05) is 48.4 Å². The number of aromatic nitrogens is 7. The molecule has 0 aliphatic carbocycles. The van der Waals surface area contributed by atoms with E-state index < -0.39 is 5.82 Å². The van der Waals surface area contributed by atoms with Gasteiger partial charge in [0.15, 0.2) is 11.5 Å². The fourth-order valence-electron chi connectivity index (χ4n) is 5.24. The summed E-state index contributed by atoms with van der Waals surface area (Å²) in [5.74, 6) is 1.03. The predicted molar refractivity (Wildman–Crippen MR) is 131 cm³/mol. The van der Waals surface area contributed by atoms with Crippen molar-refractivity contribution in [3.8, 4) is 11.1 Å². The van der Waals surface area contributed by atoms with Crippen molar-refractivity contribution in [2.45, 2.75) is 19.8 Å². The van der Waals surface area contributed by atoms with E-state index in [1.165, 1.54) is 10.6 Å². The molecule has 10 nitrogen and oxygen atoms in total. The van der Waals surface area contributed by atoms with Crippen LogP contribution in [-0.4, -0.2) is 60.3 Å². The second kappa shape index (κ2) is 7.69. The number of pyridine rings is 2. The Balaban J connectivity index is 1.42. The number of hydrogen-bond donors (Lipinski definition) is 1. The van der Waals surface area contributed by atoms with Gasteiger partial charge < -0.3 is 19.8 Å². The van der Waals surface area contributed by atoms with E-state index in [-0.39, 0.29) is 23.5 Å². The van der Waals surface area contributed by atoms with Gasteiger partial charge in [0.25, 0.3) is 0 Å². The topological polar surface area (TPSA) is 112 Å². The molecular weight excluding hydrogens is 461 g/mol. The van der Waals surface area contributed by atoms with Crippen LogP contribution in [0.3, 0.4) is 0 Å². The number of anilines is 2. The number of nitrogens with zero attached hydrogens (tertiary/aromatic N) is 8. The van der Waals surface area contributed by atoms with Gasteiger partial charge in [-0.05, 0) is 37.6 Å². The van der Waals surface area contributed by atoms with E-state index in [9.17, 15) is 4.39 Å². The Bertz CT molecular complexity index is 1640. The van der Waals surface area contributed by atoms with E-state index in [0.29, 0.717) is 11.5 Å². The van der Waals surface area contributed by atoms with Crippen LogP contribution in [0.15, 0.2) is 42.9 Å². The minimum absolute atomic E-state index is 0.145. The number of fused-ring (bicyclic) bond motifs is 2. The molecule has 2 saturated heterocycles. The van der Waals surface area contributed by atoms with E-state index in [0.717, 1.165) is 61.0 Å². The molecule has 0 saturated carbocycles. The maximum Gasteiger partial charge on any atom is 0.225 e. The lowest BCUT2D eigenvalue weighted by Crippen LogP contribution is -2.44. The van der Waals surface area contributed by atoms with Gasteiger partial charge in [-0.3, -0.25) is 4.98 Å². The second-order valence-electron chi connectivity index (χ2n) is 9.75. The largest absolute Gasteiger partial charge is 0.380 e. The molecule has 2 N–H and O–H groups in total. The van der Waals surface area contributed by atoms with E-state index in [2.05, 4.69) is 20.0 Å². The zero-order valence-corrected chi connectivity index (χ0v) is 19.7. The molecule has 5 aromatic heterocycles. The molecule has 0 bridgehead atoms. The summed E-state index contributed by atoms with van der Waals surface area (Å²) in [5.41, 5.74) is 11.1. The van der Waals surface area contributed by atoms with Crippen molar-refractivity contribution in [3.63, 3.8) is 0 Å². The monoisotopic (exact) mass is 485 g/mol. The fourth-order valence-corrected chi connectivity index (χ4v) is 5.24. The van der Waals surface area contributed by atoms with Crippen LogP contribution in [0.25, 0.3) is 22.4 Å². The highest BCUT2D eigenvalue weighted by molar-refractivity contribution is 5.88. The highest BCUT2D eigenvalue weighted by Crippen LogP contribution is 2.42. The zero-order chi connectivity index (χ0) is 24.4. The first-order chi connectivity index (χ1) is 17.5. The minimum Gasteiger partial charge on any atom is -0.380 e. The highest BCUT2D eigenvalue weighted by atomic mass is 19.1. The maximum absolute atomic E-state index is 14.3. The lowest BCUT2D eigenvalue weighted by Gasteiger charge is -2.37. The Kier molecular flexibility index (Phi) is 4.53. The normalized spacial score (nSPS) is 16.9. The van der Waals surface area contributed by atoms with E-state index in [1.54, 1.807) is 12.3 Å². The Hall–Kier alpha value is -4.12. The number of halogens is 1. The number of ether oxygens (including phenoxy) is 1. The van der Waals surface area contributed by atoms with Gasteiger partial charge in [0.1, 0.15) is 17.3 Å². The van der Waals surface area contributed by atoms with Crippen LogP contribution in [0, 0.1) is 18.2 Å². The summed E-state index contributed by atoms with van der Waals surface area (Å²) in [6.07, 6.45) is 6.62. The van der Waals surface area contributed by atoms with Gasteiger partial charge in [-0.25, -0.2) is 14.4 Å².